The maximum atomic E-state index is 3.54. The summed E-state index contributed by atoms with van der Waals surface area (Å²) >= 11 is 0. The summed E-state index contributed by atoms with van der Waals surface area (Å²) in [6.45, 7) is 12.6. The Kier molecular flexibility index (Phi) is 4.18. The topological polar surface area (TPSA) is 3.01 Å². The highest BCUT2D eigenvalue weighted by atomic mass is 28.3. The molecule has 1 unspecified atom stereocenters. The largest absolute Gasteiger partial charge is 0.278 e. The molecule has 0 saturated carbocycles. The summed E-state index contributed by atoms with van der Waals surface area (Å²) in [5.41, 5.74) is 4.93. The first-order valence-electron chi connectivity index (χ1n) is 7.21. The molecule has 0 amide bonds. The van der Waals surface area contributed by atoms with Crippen LogP contribution in [-0.2, 0) is 6.54 Å². The molecule has 1 aromatic rings. The minimum Gasteiger partial charge on any atom is -0.278 e. The summed E-state index contributed by atoms with van der Waals surface area (Å²) in [6.07, 6.45) is 0. The molecule has 0 spiro atoms. The van der Waals surface area contributed by atoms with Crippen molar-refractivity contribution in [2.24, 2.45) is 5.92 Å². The molecular weight excluding hydrogens is 246 g/mol. The lowest BCUT2D eigenvalue weighted by atomic mass is 10.1. The number of nitrogens with zero attached hydrogens (tertiary/aromatic N) is 1. The zero-order chi connectivity index (χ0) is 14.0. The Morgan fingerprint density at radius 2 is 1.79 bits per heavy atom. The van der Waals surface area contributed by atoms with Crippen LogP contribution in [0.15, 0.2) is 30.3 Å². The fourth-order valence-electron chi connectivity index (χ4n) is 2.50. The lowest BCUT2D eigenvalue weighted by molar-refractivity contribution is 0.436. The van der Waals surface area contributed by atoms with Crippen LogP contribution in [0.3, 0.4) is 0 Å². The first kappa shape index (κ1) is 14.4. The molecule has 1 aliphatic rings. The molecule has 0 aromatic heterocycles. The van der Waals surface area contributed by atoms with E-state index in [2.05, 4.69) is 80.2 Å². The normalized spacial score (nSPS) is 25.9. The van der Waals surface area contributed by atoms with Crippen molar-refractivity contribution >= 4 is 8.07 Å². The molecule has 1 heterocycles. The van der Waals surface area contributed by atoms with Crippen molar-refractivity contribution < 1.29 is 0 Å². The minimum atomic E-state index is -1.25. The highest BCUT2D eigenvalue weighted by molar-refractivity contribution is 6.83. The van der Waals surface area contributed by atoms with Gasteiger partial charge in [0.25, 0.3) is 0 Å². The van der Waals surface area contributed by atoms with Gasteiger partial charge in [-0.2, -0.15) is 0 Å². The zero-order valence-electron chi connectivity index (χ0n) is 12.8. The van der Waals surface area contributed by atoms with Crippen LogP contribution in [0.2, 0.25) is 19.6 Å². The van der Waals surface area contributed by atoms with Gasteiger partial charge in [0.15, 0.2) is 0 Å². The Labute approximate surface area is 119 Å². The van der Waals surface area contributed by atoms with Gasteiger partial charge in [0.05, 0.1) is 6.04 Å². The summed E-state index contributed by atoms with van der Waals surface area (Å²) in [5, 5.41) is 0. The molecule has 0 bridgehead atoms. The van der Waals surface area contributed by atoms with Crippen LogP contribution >= 0.6 is 0 Å². The molecule has 1 aliphatic heterocycles. The molecule has 2 rings (SSSR count). The van der Waals surface area contributed by atoms with Gasteiger partial charge in [-0.15, -0.1) is 5.54 Å². The smallest absolute Gasteiger partial charge is 0.129 e. The van der Waals surface area contributed by atoms with Crippen molar-refractivity contribution in [1.29, 1.82) is 0 Å². The third-order valence-corrected chi connectivity index (χ3v) is 4.35. The minimum absolute atomic E-state index is 0.479. The Morgan fingerprint density at radius 3 is 2.32 bits per heavy atom. The molecule has 19 heavy (non-hydrogen) atoms. The van der Waals surface area contributed by atoms with Gasteiger partial charge >= 0.3 is 0 Å². The maximum absolute atomic E-state index is 3.54. The van der Waals surface area contributed by atoms with Gasteiger partial charge in [0, 0.05) is 12.6 Å². The average Bonchev–Trinajstić information content (AvgIpc) is 3.00. The number of rotatable bonds is 3. The van der Waals surface area contributed by atoms with Gasteiger partial charge in [-0.05, 0) is 11.5 Å². The Balaban J connectivity index is 2.05. The van der Waals surface area contributed by atoms with E-state index in [0.29, 0.717) is 18.0 Å². The van der Waals surface area contributed by atoms with E-state index < -0.39 is 8.07 Å². The van der Waals surface area contributed by atoms with Crippen molar-refractivity contribution in [3.8, 4) is 11.5 Å². The number of benzene rings is 1. The molecule has 102 valence electrons. The molecule has 1 nitrogen and oxygen atoms in total. The number of hydrogen-bond donors (Lipinski definition) is 0. The van der Waals surface area contributed by atoms with Crippen LogP contribution in [0.1, 0.15) is 19.4 Å². The molecule has 1 fully saturated rings. The van der Waals surface area contributed by atoms with Crippen molar-refractivity contribution in [2.75, 3.05) is 0 Å². The summed E-state index contributed by atoms with van der Waals surface area (Å²) in [6, 6.07) is 11.8. The van der Waals surface area contributed by atoms with Gasteiger partial charge in [-0.1, -0.05) is 69.7 Å². The first-order chi connectivity index (χ1) is 8.88. The second-order valence-electron chi connectivity index (χ2n) is 6.86. The van der Waals surface area contributed by atoms with Crippen LogP contribution in [0.5, 0.6) is 0 Å². The fraction of sp³-hybridized carbons (Fsp3) is 0.529. The average molecular weight is 271 g/mol. The van der Waals surface area contributed by atoms with Gasteiger partial charge in [-0.25, -0.2) is 0 Å². The van der Waals surface area contributed by atoms with Crippen LogP contribution in [-0.4, -0.2) is 25.1 Å². The molecule has 0 N–H and O–H groups in total. The van der Waals surface area contributed by atoms with Crippen molar-refractivity contribution in [3.63, 3.8) is 0 Å². The van der Waals surface area contributed by atoms with E-state index in [1.54, 1.807) is 0 Å². The lowest BCUT2D eigenvalue weighted by Gasteiger charge is -2.05. The third kappa shape index (κ3) is 3.96. The molecule has 0 radical (unpaired) electrons. The molecule has 1 aromatic carbocycles. The van der Waals surface area contributed by atoms with E-state index in [4.69, 9.17) is 0 Å². The predicted molar refractivity (Wildman–Crippen MR) is 85.5 cm³/mol. The predicted octanol–water partition coefficient (Wildman–Crippen LogP) is 3.78. The van der Waals surface area contributed by atoms with Crippen molar-refractivity contribution in [1.82, 2.24) is 4.90 Å². The van der Waals surface area contributed by atoms with E-state index in [0.717, 1.165) is 6.54 Å². The number of hydrogen-bond acceptors (Lipinski definition) is 1. The van der Waals surface area contributed by atoms with Crippen LogP contribution < -0.4 is 0 Å². The van der Waals surface area contributed by atoms with E-state index in [1.807, 2.05) is 0 Å². The highest BCUT2D eigenvalue weighted by Gasteiger charge is 2.47. The summed E-state index contributed by atoms with van der Waals surface area (Å²) < 4.78 is 0. The third-order valence-electron chi connectivity index (χ3n) is 3.46. The second kappa shape index (κ2) is 5.52. The van der Waals surface area contributed by atoms with Crippen molar-refractivity contribution in [2.45, 2.75) is 52.1 Å². The van der Waals surface area contributed by atoms with Crippen LogP contribution in [0.25, 0.3) is 0 Å². The van der Waals surface area contributed by atoms with Gasteiger partial charge < -0.3 is 0 Å². The monoisotopic (exact) mass is 271 g/mol. The maximum Gasteiger partial charge on any atom is 0.129 e. The lowest BCUT2D eigenvalue weighted by Crippen LogP contribution is -2.17. The van der Waals surface area contributed by atoms with Crippen LogP contribution in [0.4, 0.5) is 0 Å². The Bertz CT molecular complexity index is 475. The summed E-state index contributed by atoms with van der Waals surface area (Å²) in [5.74, 6) is 4.22. The van der Waals surface area contributed by atoms with Crippen molar-refractivity contribution in [3.05, 3.63) is 35.9 Å². The van der Waals surface area contributed by atoms with E-state index in [1.165, 1.54) is 5.56 Å². The molecule has 0 aliphatic carbocycles. The molecule has 3 atom stereocenters. The van der Waals surface area contributed by atoms with E-state index in [9.17, 15) is 0 Å². The summed E-state index contributed by atoms with van der Waals surface area (Å²) in [7, 11) is -1.25. The van der Waals surface area contributed by atoms with Crippen LogP contribution in [0, 0.1) is 17.4 Å². The Morgan fingerprint density at radius 1 is 1.16 bits per heavy atom. The fourth-order valence-corrected chi connectivity index (χ4v) is 3.08. The zero-order valence-corrected chi connectivity index (χ0v) is 13.8. The standard InChI is InChI=1S/C17H25NSi/c1-14(2)17-16(11-12-19(3,4)5)18(17)13-15-9-7-6-8-10-15/h6-10,14,16-17H,13H2,1-5H3/t16-,17-,18?/m0/s1. The highest BCUT2D eigenvalue weighted by Crippen LogP contribution is 2.35. The Hall–Kier alpha value is -1.04. The molecular formula is C17H25NSi. The van der Waals surface area contributed by atoms with Gasteiger partial charge in [0.1, 0.15) is 8.07 Å². The molecule has 2 heteroatoms. The SMILES string of the molecule is CC(C)[C@H]1[C@H](C#C[Si](C)(C)C)N1Cc1ccccc1. The first-order valence-corrected chi connectivity index (χ1v) is 10.7. The van der Waals surface area contributed by atoms with Gasteiger partial charge in [0.2, 0.25) is 0 Å². The quantitative estimate of drug-likeness (QED) is 0.459. The van der Waals surface area contributed by atoms with E-state index >= 15 is 0 Å². The van der Waals surface area contributed by atoms with E-state index in [-0.39, 0.29) is 0 Å². The molecule has 1 saturated heterocycles. The summed E-state index contributed by atoms with van der Waals surface area (Å²) in [4.78, 5) is 2.53. The second-order valence-corrected chi connectivity index (χ2v) is 11.6. The van der Waals surface area contributed by atoms with Gasteiger partial charge in [-0.3, -0.25) is 4.90 Å².